The molecular formula is C19H31N3O2. The van der Waals surface area contributed by atoms with E-state index in [4.69, 9.17) is 4.74 Å². The Morgan fingerprint density at radius 2 is 2.00 bits per heavy atom. The predicted molar refractivity (Wildman–Crippen MR) is 96.7 cm³/mol. The van der Waals surface area contributed by atoms with Gasteiger partial charge in [-0.1, -0.05) is 38.1 Å². The van der Waals surface area contributed by atoms with Crippen molar-refractivity contribution in [1.82, 2.24) is 15.5 Å². The number of ether oxygens (including phenoxy) is 1. The lowest BCUT2D eigenvalue weighted by Crippen LogP contribution is -2.45. The molecule has 1 saturated heterocycles. The van der Waals surface area contributed by atoms with Crippen LogP contribution in [0.1, 0.15) is 31.4 Å². The molecule has 1 atom stereocenters. The topological polar surface area (TPSA) is 53.6 Å². The van der Waals surface area contributed by atoms with E-state index >= 15 is 0 Å². The molecule has 5 nitrogen and oxygen atoms in total. The summed E-state index contributed by atoms with van der Waals surface area (Å²) in [7, 11) is 1.66. The summed E-state index contributed by atoms with van der Waals surface area (Å²) in [6, 6.07) is 8.36. The van der Waals surface area contributed by atoms with Gasteiger partial charge in [0.25, 0.3) is 0 Å². The van der Waals surface area contributed by atoms with E-state index in [9.17, 15) is 4.79 Å². The first-order valence-corrected chi connectivity index (χ1v) is 8.92. The van der Waals surface area contributed by atoms with Crippen molar-refractivity contribution in [1.29, 1.82) is 0 Å². The maximum atomic E-state index is 12.7. The number of carbonyl (C=O) groups is 1. The van der Waals surface area contributed by atoms with Crippen LogP contribution in [0.5, 0.6) is 0 Å². The standard InChI is InChI=1S/C19H31N3O2/c1-4-22(5-2)13-17-9-7-6-8-16(17)12-21-18(23)19(15-24-3)10-11-20-14-19/h6-9,20H,4-5,10-15H2,1-3H3,(H,21,23). The summed E-state index contributed by atoms with van der Waals surface area (Å²) in [6.45, 7) is 9.92. The highest BCUT2D eigenvalue weighted by atomic mass is 16.5. The number of carbonyl (C=O) groups excluding carboxylic acids is 1. The molecular weight excluding hydrogens is 302 g/mol. The van der Waals surface area contributed by atoms with E-state index in [-0.39, 0.29) is 5.91 Å². The summed E-state index contributed by atoms with van der Waals surface area (Å²) in [5.41, 5.74) is 2.05. The number of hydrogen-bond acceptors (Lipinski definition) is 4. The van der Waals surface area contributed by atoms with E-state index in [1.807, 2.05) is 6.07 Å². The summed E-state index contributed by atoms with van der Waals surface area (Å²) in [5.74, 6) is 0.0898. The van der Waals surface area contributed by atoms with Crippen LogP contribution in [-0.4, -0.2) is 50.7 Å². The van der Waals surface area contributed by atoms with Crippen LogP contribution in [0.4, 0.5) is 0 Å². The number of nitrogens with one attached hydrogen (secondary N) is 2. The van der Waals surface area contributed by atoms with Crippen LogP contribution in [0.3, 0.4) is 0 Å². The molecule has 0 radical (unpaired) electrons. The SMILES string of the molecule is CCN(CC)Cc1ccccc1CNC(=O)C1(COC)CCNC1. The van der Waals surface area contributed by atoms with Crippen molar-refractivity contribution in [3.63, 3.8) is 0 Å². The second-order valence-corrected chi connectivity index (χ2v) is 6.55. The molecule has 0 saturated carbocycles. The molecule has 0 spiro atoms. The van der Waals surface area contributed by atoms with Crippen molar-refractivity contribution in [2.24, 2.45) is 5.41 Å². The molecule has 1 aliphatic rings. The summed E-state index contributed by atoms with van der Waals surface area (Å²) >= 11 is 0. The third-order valence-corrected chi connectivity index (χ3v) is 4.99. The molecule has 0 aromatic heterocycles. The van der Waals surface area contributed by atoms with Gasteiger partial charge in [0.1, 0.15) is 0 Å². The van der Waals surface area contributed by atoms with E-state index in [0.29, 0.717) is 19.7 Å². The minimum absolute atomic E-state index is 0.0898. The largest absolute Gasteiger partial charge is 0.384 e. The van der Waals surface area contributed by atoms with E-state index in [0.717, 1.165) is 32.6 Å². The lowest BCUT2D eigenvalue weighted by atomic mass is 9.87. The molecule has 1 heterocycles. The Morgan fingerprint density at radius 3 is 2.58 bits per heavy atom. The van der Waals surface area contributed by atoms with Gasteiger partial charge >= 0.3 is 0 Å². The molecule has 0 bridgehead atoms. The Labute approximate surface area is 145 Å². The first-order valence-electron chi connectivity index (χ1n) is 8.92. The van der Waals surface area contributed by atoms with Gasteiger partial charge in [-0.15, -0.1) is 0 Å². The highest BCUT2D eigenvalue weighted by molar-refractivity contribution is 5.83. The van der Waals surface area contributed by atoms with Gasteiger partial charge in [-0.3, -0.25) is 9.69 Å². The van der Waals surface area contributed by atoms with Crippen molar-refractivity contribution in [3.8, 4) is 0 Å². The average Bonchev–Trinajstić information content (AvgIpc) is 3.08. The number of benzene rings is 1. The molecule has 0 aliphatic carbocycles. The fraction of sp³-hybridized carbons (Fsp3) is 0.632. The predicted octanol–water partition coefficient (Wildman–Crippen LogP) is 1.77. The molecule has 2 N–H and O–H groups in total. The number of hydrogen-bond donors (Lipinski definition) is 2. The molecule has 1 aromatic rings. The van der Waals surface area contributed by atoms with Crippen molar-refractivity contribution in [3.05, 3.63) is 35.4 Å². The zero-order chi connectivity index (χ0) is 17.4. The van der Waals surface area contributed by atoms with Gasteiger partial charge in [-0.05, 0) is 37.2 Å². The third kappa shape index (κ3) is 4.56. The molecule has 1 aliphatic heterocycles. The zero-order valence-electron chi connectivity index (χ0n) is 15.2. The van der Waals surface area contributed by atoms with Crippen molar-refractivity contribution in [2.45, 2.75) is 33.4 Å². The minimum atomic E-state index is -0.428. The van der Waals surface area contributed by atoms with Crippen molar-refractivity contribution >= 4 is 5.91 Å². The lowest BCUT2D eigenvalue weighted by molar-refractivity contribution is -0.133. The molecule has 2 rings (SSSR count). The van der Waals surface area contributed by atoms with Gasteiger partial charge in [-0.25, -0.2) is 0 Å². The minimum Gasteiger partial charge on any atom is -0.384 e. The molecule has 1 fully saturated rings. The summed E-state index contributed by atoms with van der Waals surface area (Å²) in [6.07, 6.45) is 0.827. The van der Waals surface area contributed by atoms with Crippen LogP contribution >= 0.6 is 0 Å². The first kappa shape index (κ1) is 18.9. The Kier molecular flexibility index (Phi) is 7.21. The molecule has 24 heavy (non-hydrogen) atoms. The molecule has 1 unspecified atom stereocenters. The van der Waals surface area contributed by atoms with Gasteiger partial charge in [0.15, 0.2) is 0 Å². The normalized spacial score (nSPS) is 20.5. The van der Waals surface area contributed by atoms with Crippen molar-refractivity contribution < 1.29 is 9.53 Å². The lowest BCUT2D eigenvalue weighted by Gasteiger charge is -2.26. The van der Waals surface area contributed by atoms with E-state index in [2.05, 4.69) is 47.6 Å². The summed E-state index contributed by atoms with van der Waals surface area (Å²) < 4.78 is 5.30. The second kappa shape index (κ2) is 9.16. The average molecular weight is 333 g/mol. The van der Waals surface area contributed by atoms with Crippen LogP contribution < -0.4 is 10.6 Å². The van der Waals surface area contributed by atoms with Crippen molar-refractivity contribution in [2.75, 3.05) is 39.9 Å². The maximum absolute atomic E-state index is 12.7. The third-order valence-electron chi connectivity index (χ3n) is 4.99. The Balaban J connectivity index is 2.02. The van der Waals surface area contributed by atoms with Gasteiger partial charge in [-0.2, -0.15) is 0 Å². The molecule has 1 amide bonds. The van der Waals surface area contributed by atoms with E-state index in [1.165, 1.54) is 11.1 Å². The Hall–Kier alpha value is -1.43. The summed E-state index contributed by atoms with van der Waals surface area (Å²) in [5, 5.41) is 6.42. The Morgan fingerprint density at radius 1 is 1.29 bits per heavy atom. The van der Waals surface area contributed by atoms with E-state index in [1.54, 1.807) is 7.11 Å². The van der Waals surface area contributed by atoms with Gasteiger partial charge in [0.05, 0.1) is 12.0 Å². The molecule has 134 valence electrons. The van der Waals surface area contributed by atoms with Gasteiger partial charge in [0.2, 0.25) is 5.91 Å². The zero-order valence-corrected chi connectivity index (χ0v) is 15.2. The summed E-state index contributed by atoms with van der Waals surface area (Å²) in [4.78, 5) is 15.1. The number of amides is 1. The van der Waals surface area contributed by atoms with Crippen LogP contribution in [-0.2, 0) is 22.6 Å². The molecule has 1 aromatic carbocycles. The number of rotatable bonds is 9. The van der Waals surface area contributed by atoms with Gasteiger partial charge in [0, 0.05) is 26.7 Å². The highest BCUT2D eigenvalue weighted by Gasteiger charge is 2.41. The van der Waals surface area contributed by atoms with Gasteiger partial charge < -0.3 is 15.4 Å². The number of nitrogens with zero attached hydrogens (tertiary/aromatic N) is 1. The smallest absolute Gasteiger partial charge is 0.230 e. The Bertz CT molecular complexity index is 523. The monoisotopic (exact) mass is 333 g/mol. The second-order valence-electron chi connectivity index (χ2n) is 6.55. The van der Waals surface area contributed by atoms with Crippen LogP contribution in [0.15, 0.2) is 24.3 Å². The fourth-order valence-electron chi connectivity index (χ4n) is 3.34. The van der Waals surface area contributed by atoms with Crippen LogP contribution in [0, 0.1) is 5.41 Å². The first-order chi connectivity index (χ1) is 11.6. The van der Waals surface area contributed by atoms with Crippen LogP contribution in [0.2, 0.25) is 0 Å². The highest BCUT2D eigenvalue weighted by Crippen LogP contribution is 2.26. The number of methoxy groups -OCH3 is 1. The fourth-order valence-corrected chi connectivity index (χ4v) is 3.34. The molecule has 5 heteroatoms. The maximum Gasteiger partial charge on any atom is 0.230 e. The van der Waals surface area contributed by atoms with E-state index < -0.39 is 5.41 Å². The quantitative estimate of drug-likeness (QED) is 0.723. The van der Waals surface area contributed by atoms with Crippen LogP contribution in [0.25, 0.3) is 0 Å².